The highest BCUT2D eigenvalue weighted by Crippen LogP contribution is 2.35. The minimum Gasteiger partial charge on any atom is -0.345 e. The number of thiazole rings is 1. The molecule has 27 heavy (non-hydrogen) atoms. The van der Waals surface area contributed by atoms with Crippen LogP contribution >= 0.6 is 22.9 Å². The fraction of sp³-hybridized carbons (Fsp3) is 0.250. The molecule has 136 valence electrons. The lowest BCUT2D eigenvalue weighted by Gasteiger charge is -2.34. The Morgan fingerprint density at radius 3 is 2.48 bits per heavy atom. The Balaban J connectivity index is 1.47. The van der Waals surface area contributed by atoms with Gasteiger partial charge in [-0.1, -0.05) is 29.0 Å². The minimum atomic E-state index is 0.00216. The van der Waals surface area contributed by atoms with E-state index in [1.165, 1.54) is 0 Å². The smallest absolute Gasteiger partial charge is 0.253 e. The van der Waals surface area contributed by atoms with E-state index in [0.29, 0.717) is 24.2 Å². The second-order valence-electron chi connectivity index (χ2n) is 6.51. The summed E-state index contributed by atoms with van der Waals surface area (Å²) in [5.74, 6) is 0.00216. The summed E-state index contributed by atoms with van der Waals surface area (Å²) in [6.07, 6.45) is 0. The predicted octanol–water partition coefficient (Wildman–Crippen LogP) is 4.09. The van der Waals surface area contributed by atoms with E-state index < -0.39 is 0 Å². The first kappa shape index (κ1) is 17.8. The van der Waals surface area contributed by atoms with Gasteiger partial charge in [-0.25, -0.2) is 4.98 Å². The summed E-state index contributed by atoms with van der Waals surface area (Å²) < 4.78 is 1.02. The van der Waals surface area contributed by atoms with E-state index in [4.69, 9.17) is 21.8 Å². The molecule has 0 unspecified atom stereocenters. The fourth-order valence-electron chi connectivity index (χ4n) is 3.20. The summed E-state index contributed by atoms with van der Waals surface area (Å²) in [4.78, 5) is 21.5. The number of aromatic nitrogens is 1. The third kappa shape index (κ3) is 3.36. The van der Waals surface area contributed by atoms with Crippen LogP contribution in [0.25, 0.3) is 10.2 Å². The van der Waals surface area contributed by atoms with E-state index in [-0.39, 0.29) is 5.91 Å². The monoisotopic (exact) mass is 396 g/mol. The normalized spacial score (nSPS) is 14.4. The average Bonchev–Trinajstić information content (AvgIpc) is 3.17. The van der Waals surface area contributed by atoms with Crippen LogP contribution in [0.4, 0.5) is 5.13 Å². The second kappa shape index (κ2) is 7.18. The molecule has 4 rings (SSSR count). The molecule has 0 atom stereocenters. The molecule has 1 amide bonds. The van der Waals surface area contributed by atoms with Crippen molar-refractivity contribution in [2.45, 2.75) is 6.92 Å². The molecule has 1 fully saturated rings. The SMILES string of the molecule is Cc1ccc(Cl)c2sc(N3CCN(C(=O)c4ccc(C#N)cc4)CC3)nc12. The standard InChI is InChI=1S/C20H17ClN4OS/c1-13-2-7-16(21)18-17(13)23-20(27-18)25-10-8-24(9-11-25)19(26)15-5-3-14(12-22)4-6-15/h2-7H,8-11H2,1H3. The van der Waals surface area contributed by atoms with Gasteiger partial charge in [-0.05, 0) is 42.8 Å². The zero-order valence-corrected chi connectivity index (χ0v) is 16.3. The number of benzene rings is 2. The van der Waals surface area contributed by atoms with Gasteiger partial charge >= 0.3 is 0 Å². The highest BCUT2D eigenvalue weighted by Gasteiger charge is 2.24. The number of aryl methyl sites for hydroxylation is 1. The molecule has 1 aliphatic heterocycles. The first-order valence-electron chi connectivity index (χ1n) is 8.67. The fourth-order valence-corrected chi connectivity index (χ4v) is 4.57. The van der Waals surface area contributed by atoms with Gasteiger partial charge < -0.3 is 9.80 Å². The van der Waals surface area contributed by atoms with Crippen molar-refractivity contribution in [2.75, 3.05) is 31.1 Å². The van der Waals surface area contributed by atoms with Crippen LogP contribution in [0, 0.1) is 18.3 Å². The van der Waals surface area contributed by atoms with Crippen molar-refractivity contribution in [1.82, 2.24) is 9.88 Å². The lowest BCUT2D eigenvalue weighted by Crippen LogP contribution is -2.48. The number of fused-ring (bicyclic) bond motifs is 1. The average molecular weight is 397 g/mol. The van der Waals surface area contributed by atoms with E-state index in [0.717, 1.165) is 39.0 Å². The summed E-state index contributed by atoms with van der Waals surface area (Å²) in [5, 5.41) is 10.6. The van der Waals surface area contributed by atoms with Crippen LogP contribution in [0.1, 0.15) is 21.5 Å². The van der Waals surface area contributed by atoms with Gasteiger partial charge in [0.1, 0.15) is 0 Å². The molecule has 3 aromatic rings. The van der Waals surface area contributed by atoms with Crippen LogP contribution in [0.15, 0.2) is 36.4 Å². The number of rotatable bonds is 2. The summed E-state index contributed by atoms with van der Waals surface area (Å²) in [6, 6.07) is 12.8. The molecule has 0 radical (unpaired) electrons. The number of nitrogens with zero attached hydrogens (tertiary/aromatic N) is 4. The van der Waals surface area contributed by atoms with E-state index in [1.807, 2.05) is 24.0 Å². The van der Waals surface area contributed by atoms with Crippen molar-refractivity contribution in [3.05, 3.63) is 58.1 Å². The molecule has 0 saturated carbocycles. The van der Waals surface area contributed by atoms with E-state index >= 15 is 0 Å². The highest BCUT2D eigenvalue weighted by atomic mass is 35.5. The van der Waals surface area contributed by atoms with Gasteiger partial charge in [-0.2, -0.15) is 5.26 Å². The first-order chi connectivity index (χ1) is 13.1. The van der Waals surface area contributed by atoms with E-state index in [2.05, 4.69) is 11.0 Å². The maximum Gasteiger partial charge on any atom is 0.253 e. The molecule has 0 bridgehead atoms. The number of nitriles is 1. The van der Waals surface area contributed by atoms with Crippen molar-refractivity contribution in [2.24, 2.45) is 0 Å². The van der Waals surface area contributed by atoms with Gasteiger partial charge in [-0.15, -0.1) is 0 Å². The molecule has 0 spiro atoms. The Labute approximate surface area is 166 Å². The molecule has 0 aliphatic carbocycles. The number of hydrogen-bond acceptors (Lipinski definition) is 5. The molecular weight excluding hydrogens is 380 g/mol. The van der Waals surface area contributed by atoms with Gasteiger partial charge in [0.15, 0.2) is 5.13 Å². The van der Waals surface area contributed by atoms with Crippen LogP contribution in [0.5, 0.6) is 0 Å². The number of halogens is 1. The maximum absolute atomic E-state index is 12.7. The molecule has 2 aromatic carbocycles. The summed E-state index contributed by atoms with van der Waals surface area (Å²) in [6.45, 7) is 4.79. The van der Waals surface area contributed by atoms with Crippen LogP contribution in [0.3, 0.4) is 0 Å². The van der Waals surface area contributed by atoms with Crippen molar-refractivity contribution in [1.29, 1.82) is 5.26 Å². The van der Waals surface area contributed by atoms with Crippen molar-refractivity contribution in [3.63, 3.8) is 0 Å². The van der Waals surface area contributed by atoms with Crippen LogP contribution in [-0.2, 0) is 0 Å². The van der Waals surface area contributed by atoms with Crippen molar-refractivity contribution >= 4 is 44.2 Å². The number of anilines is 1. The molecule has 2 heterocycles. The van der Waals surface area contributed by atoms with Crippen molar-refractivity contribution < 1.29 is 4.79 Å². The first-order valence-corrected chi connectivity index (χ1v) is 9.86. The number of hydrogen-bond donors (Lipinski definition) is 0. The second-order valence-corrected chi connectivity index (χ2v) is 7.89. The number of carbonyl (C=O) groups is 1. The quantitative estimate of drug-likeness (QED) is 0.654. The predicted molar refractivity (Wildman–Crippen MR) is 109 cm³/mol. The van der Waals surface area contributed by atoms with E-state index in [1.54, 1.807) is 35.6 Å². The molecule has 1 aromatic heterocycles. The van der Waals surface area contributed by atoms with Crippen LogP contribution in [0.2, 0.25) is 5.02 Å². The Bertz CT molecular complexity index is 1010. The number of amides is 1. The Morgan fingerprint density at radius 2 is 1.85 bits per heavy atom. The van der Waals surface area contributed by atoms with E-state index in [9.17, 15) is 4.79 Å². The third-order valence-electron chi connectivity index (χ3n) is 4.78. The summed E-state index contributed by atoms with van der Waals surface area (Å²) in [5.41, 5.74) is 3.25. The molecule has 5 nitrogen and oxygen atoms in total. The zero-order chi connectivity index (χ0) is 19.0. The summed E-state index contributed by atoms with van der Waals surface area (Å²) in [7, 11) is 0. The number of piperazine rings is 1. The highest BCUT2D eigenvalue weighted by molar-refractivity contribution is 7.22. The largest absolute Gasteiger partial charge is 0.345 e. The van der Waals surface area contributed by atoms with Gasteiger partial charge in [-0.3, -0.25) is 4.79 Å². The van der Waals surface area contributed by atoms with Crippen LogP contribution < -0.4 is 4.90 Å². The van der Waals surface area contributed by atoms with Gasteiger partial charge in [0.25, 0.3) is 5.91 Å². The molecule has 1 aliphatic rings. The van der Waals surface area contributed by atoms with Gasteiger partial charge in [0.05, 0.1) is 26.9 Å². The van der Waals surface area contributed by atoms with Crippen molar-refractivity contribution in [3.8, 4) is 6.07 Å². The lowest BCUT2D eigenvalue weighted by molar-refractivity contribution is 0.0747. The summed E-state index contributed by atoms with van der Waals surface area (Å²) >= 11 is 7.92. The minimum absolute atomic E-state index is 0.00216. The lowest BCUT2D eigenvalue weighted by atomic mass is 10.1. The molecule has 1 saturated heterocycles. The number of carbonyl (C=O) groups excluding carboxylic acids is 1. The Hall–Kier alpha value is -2.62. The maximum atomic E-state index is 12.7. The topological polar surface area (TPSA) is 60.2 Å². The third-order valence-corrected chi connectivity index (χ3v) is 6.36. The Morgan fingerprint density at radius 1 is 1.15 bits per heavy atom. The van der Waals surface area contributed by atoms with Gasteiger partial charge in [0.2, 0.25) is 0 Å². The Kier molecular flexibility index (Phi) is 4.73. The van der Waals surface area contributed by atoms with Gasteiger partial charge in [0, 0.05) is 31.7 Å². The molecule has 7 heteroatoms. The molecule has 0 N–H and O–H groups in total. The zero-order valence-electron chi connectivity index (χ0n) is 14.8. The van der Waals surface area contributed by atoms with Crippen LogP contribution in [-0.4, -0.2) is 42.0 Å². The molecular formula is C20H17ClN4OS.